The number of benzene rings is 1. The molecule has 10 heteroatoms. The van der Waals surface area contributed by atoms with Crippen molar-refractivity contribution in [3.63, 3.8) is 0 Å². The molecule has 4 rings (SSSR count). The molecule has 1 aliphatic rings. The summed E-state index contributed by atoms with van der Waals surface area (Å²) in [6.07, 6.45) is 8.51. The molecule has 0 saturated carbocycles. The molecule has 9 nitrogen and oxygen atoms in total. The molecule has 162 valence electrons. The smallest absolute Gasteiger partial charge is 0.337 e. The van der Waals surface area contributed by atoms with Gasteiger partial charge < -0.3 is 20.4 Å². The van der Waals surface area contributed by atoms with Crippen LogP contribution >= 0.6 is 0 Å². The average molecular weight is 442 g/mol. The molecular formula is C21H22N4O5S. The number of carboxylic acid groups (broad SMARTS) is 1. The lowest BCUT2D eigenvalue weighted by atomic mass is 10.1. The second-order valence-electron chi connectivity index (χ2n) is 7.62. The van der Waals surface area contributed by atoms with Gasteiger partial charge >= 0.3 is 5.97 Å². The number of aromatic nitrogens is 2. The normalized spacial score (nSPS) is 17.9. The highest BCUT2D eigenvalue weighted by Crippen LogP contribution is 2.29. The van der Waals surface area contributed by atoms with Crippen LogP contribution in [0.1, 0.15) is 30.1 Å². The molecule has 1 saturated heterocycles. The number of carbonyl (C=O) groups is 1. The van der Waals surface area contributed by atoms with Crippen molar-refractivity contribution in [2.75, 3.05) is 13.1 Å². The minimum absolute atomic E-state index is 0.00469. The SMILES string of the molecule is C#CCN(C(C)C1CCCN1)S(=O)(=O)c1ccc2[nH]c(=O)c3[nH]cc(C(=O)O)c3c2c1. The third-order valence-corrected chi connectivity index (χ3v) is 7.76. The van der Waals surface area contributed by atoms with E-state index in [-0.39, 0.29) is 40.0 Å². The van der Waals surface area contributed by atoms with E-state index in [1.165, 1.54) is 28.7 Å². The summed E-state index contributed by atoms with van der Waals surface area (Å²) in [4.78, 5) is 29.3. The van der Waals surface area contributed by atoms with E-state index in [4.69, 9.17) is 6.42 Å². The number of hydrogen-bond donors (Lipinski definition) is 4. The van der Waals surface area contributed by atoms with Gasteiger partial charge in [-0.25, -0.2) is 13.2 Å². The zero-order valence-corrected chi connectivity index (χ0v) is 17.6. The van der Waals surface area contributed by atoms with E-state index in [1.807, 2.05) is 6.92 Å². The number of fused-ring (bicyclic) bond motifs is 3. The summed E-state index contributed by atoms with van der Waals surface area (Å²) in [5, 5.41) is 13.3. The van der Waals surface area contributed by atoms with Gasteiger partial charge in [-0.15, -0.1) is 6.42 Å². The van der Waals surface area contributed by atoms with Crippen molar-refractivity contribution >= 4 is 37.8 Å². The first-order chi connectivity index (χ1) is 14.8. The van der Waals surface area contributed by atoms with Crippen LogP contribution in [0.2, 0.25) is 0 Å². The van der Waals surface area contributed by atoms with Crippen LogP contribution < -0.4 is 10.9 Å². The molecule has 4 N–H and O–H groups in total. The fourth-order valence-electron chi connectivity index (χ4n) is 4.23. The molecule has 1 aromatic carbocycles. The molecule has 3 heterocycles. The van der Waals surface area contributed by atoms with Gasteiger partial charge in [0.05, 0.1) is 17.0 Å². The fraction of sp³-hybridized carbons (Fsp3) is 0.333. The van der Waals surface area contributed by atoms with E-state index < -0.39 is 21.6 Å². The van der Waals surface area contributed by atoms with Crippen molar-refractivity contribution in [3.05, 3.63) is 40.3 Å². The molecule has 0 amide bonds. The Morgan fingerprint density at radius 1 is 1.42 bits per heavy atom. The van der Waals surface area contributed by atoms with E-state index in [9.17, 15) is 23.1 Å². The highest BCUT2D eigenvalue weighted by atomic mass is 32.2. The van der Waals surface area contributed by atoms with Crippen LogP contribution in [0.5, 0.6) is 0 Å². The lowest BCUT2D eigenvalue weighted by Crippen LogP contribution is -2.48. The molecule has 2 aromatic heterocycles. The first kappa shape index (κ1) is 21.1. The molecule has 1 aliphatic heterocycles. The Balaban J connectivity index is 1.90. The summed E-state index contributed by atoms with van der Waals surface area (Å²) in [6.45, 7) is 2.56. The van der Waals surface area contributed by atoms with Crippen LogP contribution in [0.3, 0.4) is 0 Å². The van der Waals surface area contributed by atoms with Crippen molar-refractivity contribution in [2.45, 2.75) is 36.7 Å². The minimum Gasteiger partial charge on any atom is -0.478 e. The molecule has 3 aromatic rings. The molecule has 0 bridgehead atoms. The molecule has 0 spiro atoms. The molecule has 1 fully saturated rings. The Morgan fingerprint density at radius 3 is 2.84 bits per heavy atom. The van der Waals surface area contributed by atoms with E-state index in [0.717, 1.165) is 19.4 Å². The number of terminal acetylenes is 1. The minimum atomic E-state index is -3.99. The van der Waals surface area contributed by atoms with Crippen LogP contribution in [-0.4, -0.2) is 58.9 Å². The number of nitrogens with zero attached hydrogens (tertiary/aromatic N) is 1. The van der Waals surface area contributed by atoms with Crippen molar-refractivity contribution < 1.29 is 18.3 Å². The van der Waals surface area contributed by atoms with Crippen LogP contribution in [0, 0.1) is 12.3 Å². The van der Waals surface area contributed by atoms with Gasteiger partial charge in [0.25, 0.3) is 5.56 Å². The van der Waals surface area contributed by atoms with Gasteiger partial charge in [0, 0.05) is 34.6 Å². The zero-order chi connectivity index (χ0) is 22.3. The van der Waals surface area contributed by atoms with Crippen LogP contribution in [0.25, 0.3) is 21.8 Å². The van der Waals surface area contributed by atoms with Crippen molar-refractivity contribution in [2.24, 2.45) is 0 Å². The Labute approximate surface area is 178 Å². The van der Waals surface area contributed by atoms with Crippen molar-refractivity contribution in [3.8, 4) is 12.3 Å². The van der Waals surface area contributed by atoms with Crippen molar-refractivity contribution in [1.29, 1.82) is 0 Å². The molecule has 31 heavy (non-hydrogen) atoms. The molecular weight excluding hydrogens is 420 g/mol. The maximum atomic E-state index is 13.5. The van der Waals surface area contributed by atoms with Gasteiger partial charge in [-0.1, -0.05) is 5.92 Å². The van der Waals surface area contributed by atoms with Crippen LogP contribution in [-0.2, 0) is 10.0 Å². The summed E-state index contributed by atoms with van der Waals surface area (Å²) in [5.74, 6) is 1.21. The predicted molar refractivity (Wildman–Crippen MR) is 117 cm³/mol. The summed E-state index contributed by atoms with van der Waals surface area (Å²) in [6, 6.07) is 3.88. The number of H-pyrrole nitrogens is 2. The molecule has 2 atom stereocenters. The van der Waals surface area contributed by atoms with E-state index in [2.05, 4.69) is 21.2 Å². The van der Waals surface area contributed by atoms with E-state index in [1.54, 1.807) is 0 Å². The number of aromatic carboxylic acids is 1. The zero-order valence-electron chi connectivity index (χ0n) is 16.8. The number of aromatic amines is 2. The average Bonchev–Trinajstić information content (AvgIpc) is 3.41. The maximum absolute atomic E-state index is 13.5. The number of pyridine rings is 1. The van der Waals surface area contributed by atoms with Gasteiger partial charge in [-0.2, -0.15) is 4.31 Å². The third-order valence-electron chi connectivity index (χ3n) is 5.83. The first-order valence-corrected chi connectivity index (χ1v) is 11.3. The Bertz CT molecular complexity index is 1380. The predicted octanol–water partition coefficient (Wildman–Crippen LogP) is 1.47. The largest absolute Gasteiger partial charge is 0.478 e. The third kappa shape index (κ3) is 3.50. The van der Waals surface area contributed by atoms with Crippen LogP contribution in [0.4, 0.5) is 0 Å². The summed E-state index contributed by atoms with van der Waals surface area (Å²) in [7, 11) is -3.99. The van der Waals surface area contributed by atoms with Gasteiger partial charge in [0.2, 0.25) is 10.0 Å². The van der Waals surface area contributed by atoms with Gasteiger partial charge in [-0.05, 0) is 44.5 Å². The molecule has 2 unspecified atom stereocenters. The van der Waals surface area contributed by atoms with Gasteiger partial charge in [-0.3, -0.25) is 4.79 Å². The molecule has 0 aliphatic carbocycles. The number of sulfonamides is 1. The van der Waals surface area contributed by atoms with Gasteiger partial charge in [0.15, 0.2) is 0 Å². The lowest BCUT2D eigenvalue weighted by Gasteiger charge is -2.31. The Hall–Kier alpha value is -3.13. The van der Waals surface area contributed by atoms with E-state index >= 15 is 0 Å². The Kier molecular flexibility index (Phi) is 5.35. The number of rotatable bonds is 6. The van der Waals surface area contributed by atoms with Gasteiger partial charge in [0.1, 0.15) is 5.52 Å². The van der Waals surface area contributed by atoms with Crippen molar-refractivity contribution in [1.82, 2.24) is 19.6 Å². The molecule has 0 radical (unpaired) electrons. The second-order valence-corrected chi connectivity index (χ2v) is 9.51. The standard InChI is InChI=1S/C21H22N4O5S/c1-3-9-25(12(2)16-5-4-8-22-16)31(29,30)13-6-7-17-14(10-13)18-15(21(27)28)11-23-19(18)20(26)24-17/h1,6-7,10-12,16,22-23H,4-5,8-9H2,2H3,(H,24,26)(H,27,28). The second kappa shape index (κ2) is 7.85. The fourth-order valence-corrected chi connectivity index (χ4v) is 5.84. The summed E-state index contributed by atoms with van der Waals surface area (Å²) < 4.78 is 28.3. The van der Waals surface area contributed by atoms with Crippen LogP contribution in [0.15, 0.2) is 34.1 Å². The quantitative estimate of drug-likeness (QED) is 0.427. The highest BCUT2D eigenvalue weighted by molar-refractivity contribution is 7.89. The summed E-state index contributed by atoms with van der Waals surface area (Å²) >= 11 is 0. The number of nitrogens with one attached hydrogen (secondary N) is 3. The topological polar surface area (TPSA) is 135 Å². The highest BCUT2D eigenvalue weighted by Gasteiger charge is 2.34. The maximum Gasteiger partial charge on any atom is 0.337 e. The Morgan fingerprint density at radius 2 is 2.19 bits per heavy atom. The number of hydrogen-bond acceptors (Lipinski definition) is 5. The monoisotopic (exact) mass is 442 g/mol. The lowest BCUT2D eigenvalue weighted by molar-refractivity contribution is 0.0699. The van der Waals surface area contributed by atoms with E-state index in [0.29, 0.717) is 10.9 Å². The number of carboxylic acids is 1. The first-order valence-electron chi connectivity index (χ1n) is 9.85. The summed E-state index contributed by atoms with van der Waals surface area (Å²) in [5.41, 5.74) is -0.179.